The SMILES string of the molecule is C[C@H](N)C(=O)C1C2CCCCC2CC(C(=O)O)N1C(CCc1ccccc1)C(=O)O. The Balaban J connectivity index is 1.97. The van der Waals surface area contributed by atoms with Gasteiger partial charge in [-0.1, -0.05) is 49.6 Å². The minimum Gasteiger partial charge on any atom is -0.480 e. The summed E-state index contributed by atoms with van der Waals surface area (Å²) in [5, 5.41) is 20.0. The van der Waals surface area contributed by atoms with Crippen molar-refractivity contribution in [3.05, 3.63) is 35.9 Å². The van der Waals surface area contributed by atoms with Crippen LogP contribution in [-0.4, -0.2) is 57.0 Å². The molecular formula is C23H32N2O5. The predicted octanol–water partition coefficient (Wildman–Crippen LogP) is 2.32. The molecule has 1 heterocycles. The summed E-state index contributed by atoms with van der Waals surface area (Å²) in [5.74, 6) is -2.32. The maximum absolute atomic E-state index is 13.2. The Bertz CT molecular complexity index is 766. The van der Waals surface area contributed by atoms with E-state index in [0.717, 1.165) is 31.2 Å². The molecule has 7 heteroatoms. The number of carboxylic acid groups (broad SMARTS) is 2. The predicted molar refractivity (Wildman–Crippen MR) is 112 cm³/mol. The highest BCUT2D eigenvalue weighted by Crippen LogP contribution is 2.44. The molecule has 30 heavy (non-hydrogen) atoms. The molecule has 1 saturated carbocycles. The number of rotatable bonds is 8. The third kappa shape index (κ3) is 4.73. The zero-order valence-electron chi connectivity index (χ0n) is 17.4. The standard InChI is InChI=1S/C23H32N2O5/c1-14(24)21(26)20-17-10-6-5-9-16(17)13-19(23(29)30)25(20)18(22(27)28)12-11-15-7-3-2-4-8-15/h2-4,7-8,14,16-20H,5-6,9-13,24H2,1H3,(H,27,28)(H,29,30)/t14-,16?,17?,18?,19?,20?/m0/s1. The minimum absolute atomic E-state index is 0.0357. The van der Waals surface area contributed by atoms with Crippen molar-refractivity contribution in [1.29, 1.82) is 0 Å². The van der Waals surface area contributed by atoms with Gasteiger partial charge in [0, 0.05) is 0 Å². The number of nitrogens with two attached hydrogens (primary N) is 1. The number of nitrogens with zero attached hydrogens (tertiary/aromatic N) is 1. The lowest BCUT2D eigenvalue weighted by molar-refractivity contribution is -0.164. The Hall–Kier alpha value is -2.25. The first-order valence-electron chi connectivity index (χ1n) is 10.9. The third-order valence-corrected chi connectivity index (χ3v) is 6.80. The van der Waals surface area contributed by atoms with Gasteiger partial charge in [0.15, 0.2) is 5.78 Å². The summed E-state index contributed by atoms with van der Waals surface area (Å²) in [4.78, 5) is 39.2. The van der Waals surface area contributed by atoms with Gasteiger partial charge in [-0.3, -0.25) is 19.3 Å². The van der Waals surface area contributed by atoms with E-state index >= 15 is 0 Å². The van der Waals surface area contributed by atoms with Crippen LogP contribution in [0.5, 0.6) is 0 Å². The van der Waals surface area contributed by atoms with Gasteiger partial charge in [0.25, 0.3) is 0 Å². The maximum Gasteiger partial charge on any atom is 0.320 e. The van der Waals surface area contributed by atoms with Crippen LogP contribution in [0.2, 0.25) is 0 Å². The van der Waals surface area contributed by atoms with Crippen molar-refractivity contribution in [2.24, 2.45) is 17.6 Å². The summed E-state index contributed by atoms with van der Waals surface area (Å²) in [7, 11) is 0. The molecule has 2 aliphatic rings. The van der Waals surface area contributed by atoms with Gasteiger partial charge in [0.2, 0.25) is 0 Å². The largest absolute Gasteiger partial charge is 0.480 e. The fourth-order valence-electron chi connectivity index (χ4n) is 5.38. The van der Waals surface area contributed by atoms with Crippen LogP contribution in [0.3, 0.4) is 0 Å². The normalized spacial score (nSPS) is 28.9. The maximum atomic E-state index is 13.2. The molecule has 1 aromatic carbocycles. The van der Waals surface area contributed by atoms with Crippen LogP contribution in [0.15, 0.2) is 30.3 Å². The molecule has 1 saturated heterocycles. The van der Waals surface area contributed by atoms with E-state index in [1.165, 1.54) is 4.90 Å². The molecule has 0 spiro atoms. The lowest BCUT2D eigenvalue weighted by Gasteiger charge is -2.52. The first-order chi connectivity index (χ1) is 14.3. The number of ketones is 1. The second kappa shape index (κ2) is 9.71. The number of aryl methyl sites for hydroxylation is 1. The number of carbonyl (C=O) groups is 3. The number of carboxylic acids is 2. The molecule has 0 aromatic heterocycles. The highest BCUT2D eigenvalue weighted by Gasteiger charge is 2.52. The number of aliphatic carboxylic acids is 2. The molecule has 4 N–H and O–H groups in total. The summed E-state index contributed by atoms with van der Waals surface area (Å²) in [6.07, 6.45) is 4.80. The van der Waals surface area contributed by atoms with Crippen molar-refractivity contribution in [2.45, 2.75) is 76.0 Å². The van der Waals surface area contributed by atoms with Crippen LogP contribution in [0.4, 0.5) is 0 Å². The number of carbonyl (C=O) groups excluding carboxylic acids is 1. The number of Topliss-reactive ketones (excluding diaryl/α,β-unsaturated/α-hetero) is 1. The number of piperidine rings is 1. The molecule has 0 amide bonds. The average molecular weight is 417 g/mol. The van der Waals surface area contributed by atoms with E-state index in [1.807, 2.05) is 30.3 Å². The molecule has 0 radical (unpaired) electrons. The van der Waals surface area contributed by atoms with E-state index in [0.29, 0.717) is 12.8 Å². The highest BCUT2D eigenvalue weighted by atomic mass is 16.4. The second-order valence-electron chi connectivity index (χ2n) is 8.76. The van der Waals surface area contributed by atoms with Crippen LogP contribution >= 0.6 is 0 Å². The van der Waals surface area contributed by atoms with Crippen molar-refractivity contribution in [1.82, 2.24) is 4.90 Å². The van der Waals surface area contributed by atoms with Gasteiger partial charge in [0.05, 0.1) is 12.1 Å². The monoisotopic (exact) mass is 416 g/mol. The molecule has 7 nitrogen and oxygen atoms in total. The van der Waals surface area contributed by atoms with Crippen LogP contribution in [0.1, 0.15) is 51.0 Å². The minimum atomic E-state index is -1.09. The van der Waals surface area contributed by atoms with Crippen molar-refractivity contribution in [3.63, 3.8) is 0 Å². The summed E-state index contributed by atoms with van der Waals surface area (Å²) >= 11 is 0. The fourth-order valence-corrected chi connectivity index (χ4v) is 5.38. The van der Waals surface area contributed by atoms with Crippen molar-refractivity contribution in [3.8, 4) is 0 Å². The summed E-state index contributed by atoms with van der Waals surface area (Å²) in [5.41, 5.74) is 6.93. The molecule has 6 atom stereocenters. The first kappa shape index (κ1) is 22.4. The summed E-state index contributed by atoms with van der Waals surface area (Å²) in [6.45, 7) is 1.60. The van der Waals surface area contributed by atoms with Gasteiger partial charge in [-0.15, -0.1) is 0 Å². The molecule has 1 aliphatic heterocycles. The number of fused-ring (bicyclic) bond motifs is 1. The number of hydrogen-bond donors (Lipinski definition) is 3. The molecule has 1 aromatic rings. The molecule has 2 fully saturated rings. The smallest absolute Gasteiger partial charge is 0.320 e. The number of hydrogen-bond acceptors (Lipinski definition) is 5. The molecular weight excluding hydrogens is 384 g/mol. The molecule has 164 valence electrons. The van der Waals surface area contributed by atoms with Crippen LogP contribution in [0.25, 0.3) is 0 Å². The van der Waals surface area contributed by atoms with Crippen molar-refractivity contribution < 1.29 is 24.6 Å². The van der Waals surface area contributed by atoms with Crippen molar-refractivity contribution in [2.75, 3.05) is 0 Å². The Morgan fingerprint density at radius 2 is 1.80 bits per heavy atom. The third-order valence-electron chi connectivity index (χ3n) is 6.80. The van der Waals surface area contributed by atoms with E-state index in [9.17, 15) is 24.6 Å². The molecule has 0 bridgehead atoms. The molecule has 3 rings (SSSR count). The first-order valence-corrected chi connectivity index (χ1v) is 10.9. The Morgan fingerprint density at radius 3 is 2.40 bits per heavy atom. The van der Waals surface area contributed by atoms with E-state index in [1.54, 1.807) is 6.92 Å². The van der Waals surface area contributed by atoms with Gasteiger partial charge >= 0.3 is 11.9 Å². The van der Waals surface area contributed by atoms with Gasteiger partial charge in [0.1, 0.15) is 12.1 Å². The van der Waals surface area contributed by atoms with Crippen LogP contribution < -0.4 is 5.73 Å². The Morgan fingerprint density at radius 1 is 1.13 bits per heavy atom. The number of benzene rings is 1. The van der Waals surface area contributed by atoms with E-state index in [2.05, 4.69) is 0 Å². The molecule has 1 aliphatic carbocycles. The summed E-state index contributed by atoms with van der Waals surface area (Å²) in [6, 6.07) is 5.94. The van der Waals surface area contributed by atoms with E-state index < -0.39 is 36.1 Å². The van der Waals surface area contributed by atoms with Crippen molar-refractivity contribution >= 4 is 17.7 Å². The highest BCUT2D eigenvalue weighted by molar-refractivity contribution is 5.91. The number of likely N-dealkylation sites (tertiary alicyclic amines) is 1. The van der Waals surface area contributed by atoms with Gasteiger partial charge in [-0.05, 0) is 50.0 Å². The second-order valence-corrected chi connectivity index (χ2v) is 8.76. The van der Waals surface area contributed by atoms with Gasteiger partial charge in [-0.2, -0.15) is 0 Å². The van der Waals surface area contributed by atoms with Gasteiger partial charge < -0.3 is 15.9 Å². The average Bonchev–Trinajstić information content (AvgIpc) is 2.73. The Labute approximate surface area is 177 Å². The lowest BCUT2D eigenvalue weighted by Crippen LogP contribution is -2.66. The quantitative estimate of drug-likeness (QED) is 0.595. The lowest BCUT2D eigenvalue weighted by atomic mass is 9.67. The van der Waals surface area contributed by atoms with Crippen LogP contribution in [-0.2, 0) is 20.8 Å². The van der Waals surface area contributed by atoms with E-state index in [4.69, 9.17) is 5.73 Å². The van der Waals surface area contributed by atoms with Crippen LogP contribution in [0, 0.1) is 11.8 Å². The van der Waals surface area contributed by atoms with E-state index in [-0.39, 0.29) is 24.0 Å². The van der Waals surface area contributed by atoms with Gasteiger partial charge in [-0.25, -0.2) is 0 Å². The zero-order valence-corrected chi connectivity index (χ0v) is 17.4. The topological polar surface area (TPSA) is 121 Å². The Kier molecular flexibility index (Phi) is 7.26. The zero-order chi connectivity index (χ0) is 21.8. The molecule has 5 unspecified atom stereocenters. The fraction of sp³-hybridized carbons (Fsp3) is 0.609. The summed E-state index contributed by atoms with van der Waals surface area (Å²) < 4.78 is 0.